The number of H-pyrrole nitrogens is 1. The van der Waals surface area contributed by atoms with E-state index < -0.39 is 0 Å². The van der Waals surface area contributed by atoms with Gasteiger partial charge in [-0.15, -0.1) is 11.3 Å². The lowest BCUT2D eigenvalue weighted by atomic mass is 10.1. The van der Waals surface area contributed by atoms with Gasteiger partial charge in [-0.25, -0.2) is 4.98 Å². The molecule has 0 amide bonds. The summed E-state index contributed by atoms with van der Waals surface area (Å²) in [6.45, 7) is 2.01. The summed E-state index contributed by atoms with van der Waals surface area (Å²) >= 11 is 1.58. The maximum atomic E-state index is 12.6. The molecule has 0 bridgehead atoms. The van der Waals surface area contributed by atoms with E-state index in [9.17, 15) is 4.79 Å². The highest BCUT2D eigenvalue weighted by atomic mass is 32.1. The summed E-state index contributed by atoms with van der Waals surface area (Å²) in [5.41, 5.74) is 3.07. The lowest BCUT2D eigenvalue weighted by Gasteiger charge is -2.08. The lowest BCUT2D eigenvalue weighted by molar-refractivity contribution is 1.14. The molecule has 0 saturated carbocycles. The van der Waals surface area contributed by atoms with Crippen LogP contribution in [0.15, 0.2) is 58.8 Å². The molecule has 4 aromatic rings. The van der Waals surface area contributed by atoms with E-state index in [1.807, 2.05) is 54.8 Å². The van der Waals surface area contributed by atoms with Gasteiger partial charge in [0.05, 0.1) is 5.39 Å². The highest BCUT2D eigenvalue weighted by Gasteiger charge is 2.12. The molecule has 24 heavy (non-hydrogen) atoms. The first kappa shape index (κ1) is 14.6. The number of anilines is 2. The third-order valence-corrected chi connectivity index (χ3v) is 4.58. The minimum absolute atomic E-state index is 0.202. The van der Waals surface area contributed by atoms with Gasteiger partial charge in [-0.3, -0.25) is 9.78 Å². The molecule has 0 aliphatic rings. The molecule has 4 rings (SSSR count). The predicted octanol–water partition coefficient (Wildman–Crippen LogP) is 4.10. The molecule has 0 saturated heterocycles. The minimum atomic E-state index is -0.202. The summed E-state index contributed by atoms with van der Waals surface area (Å²) in [5.74, 6) is 0.383. The van der Waals surface area contributed by atoms with Crippen LogP contribution in [0.25, 0.3) is 21.5 Å². The molecule has 0 aliphatic heterocycles. The molecule has 1 aromatic carbocycles. The van der Waals surface area contributed by atoms with Crippen molar-refractivity contribution in [2.24, 2.45) is 0 Å². The number of hydrogen-bond donors (Lipinski definition) is 2. The zero-order valence-corrected chi connectivity index (χ0v) is 13.7. The Morgan fingerprint density at radius 1 is 1.17 bits per heavy atom. The third kappa shape index (κ3) is 2.68. The number of hydrogen-bond acceptors (Lipinski definition) is 5. The second-order valence-electron chi connectivity index (χ2n) is 5.44. The maximum Gasteiger partial charge on any atom is 0.262 e. The molecule has 0 fully saturated rings. The average molecular weight is 334 g/mol. The fourth-order valence-electron chi connectivity index (χ4n) is 2.62. The maximum absolute atomic E-state index is 12.6. The molecule has 0 radical (unpaired) electrons. The van der Waals surface area contributed by atoms with Crippen LogP contribution < -0.4 is 10.9 Å². The van der Waals surface area contributed by atoms with Crippen molar-refractivity contribution in [3.05, 3.63) is 70.0 Å². The number of nitrogens with one attached hydrogen (secondary N) is 2. The van der Waals surface area contributed by atoms with Crippen molar-refractivity contribution in [2.75, 3.05) is 5.32 Å². The van der Waals surface area contributed by atoms with Crippen molar-refractivity contribution < 1.29 is 0 Å². The van der Waals surface area contributed by atoms with Gasteiger partial charge < -0.3 is 5.32 Å². The monoisotopic (exact) mass is 334 g/mol. The smallest absolute Gasteiger partial charge is 0.262 e. The van der Waals surface area contributed by atoms with Crippen LogP contribution in [0.1, 0.15) is 5.56 Å². The van der Waals surface area contributed by atoms with E-state index in [2.05, 4.69) is 20.3 Å². The van der Waals surface area contributed by atoms with E-state index in [1.165, 1.54) is 0 Å². The summed E-state index contributed by atoms with van der Waals surface area (Å²) in [6.07, 6.45) is 1.68. The van der Waals surface area contributed by atoms with Crippen LogP contribution in [0.2, 0.25) is 0 Å². The van der Waals surface area contributed by atoms with E-state index in [0.717, 1.165) is 21.7 Å². The molecule has 0 unspecified atom stereocenters. The van der Waals surface area contributed by atoms with E-state index >= 15 is 0 Å². The molecule has 2 N–H and O–H groups in total. The second kappa shape index (κ2) is 5.90. The quantitative estimate of drug-likeness (QED) is 0.592. The van der Waals surface area contributed by atoms with Crippen LogP contribution in [-0.4, -0.2) is 15.0 Å². The third-order valence-electron chi connectivity index (χ3n) is 3.68. The largest absolute Gasteiger partial charge is 0.326 e. The fourth-order valence-corrected chi connectivity index (χ4v) is 3.38. The van der Waals surface area contributed by atoms with Crippen molar-refractivity contribution in [3.63, 3.8) is 0 Å². The number of nitrogens with zero attached hydrogens (tertiary/aromatic N) is 2. The van der Waals surface area contributed by atoms with Crippen LogP contribution in [0.4, 0.5) is 11.6 Å². The van der Waals surface area contributed by atoms with Crippen LogP contribution in [-0.2, 0) is 0 Å². The van der Waals surface area contributed by atoms with Crippen molar-refractivity contribution in [3.8, 4) is 10.4 Å². The van der Waals surface area contributed by atoms with Gasteiger partial charge >= 0.3 is 0 Å². The van der Waals surface area contributed by atoms with Crippen molar-refractivity contribution in [1.29, 1.82) is 0 Å². The SMILES string of the molecule is Cc1cccc(Nc2nc3nccc(-c4cccs4)c3c(=O)[nH]2)c1. The molecule has 0 atom stereocenters. The van der Waals surface area contributed by atoms with Gasteiger partial charge in [0.25, 0.3) is 5.56 Å². The lowest BCUT2D eigenvalue weighted by Crippen LogP contribution is -2.12. The van der Waals surface area contributed by atoms with Crippen molar-refractivity contribution in [1.82, 2.24) is 15.0 Å². The minimum Gasteiger partial charge on any atom is -0.326 e. The highest BCUT2D eigenvalue weighted by molar-refractivity contribution is 7.13. The number of aromatic amines is 1. The summed E-state index contributed by atoms with van der Waals surface area (Å²) in [5, 5.41) is 5.62. The Bertz CT molecular complexity index is 1070. The van der Waals surface area contributed by atoms with E-state index in [-0.39, 0.29) is 5.56 Å². The number of pyridine rings is 1. The normalized spacial score (nSPS) is 10.9. The molecule has 6 heteroatoms. The van der Waals surface area contributed by atoms with Crippen molar-refractivity contribution >= 4 is 34.0 Å². The first-order valence-electron chi connectivity index (χ1n) is 7.47. The number of rotatable bonds is 3. The summed E-state index contributed by atoms with van der Waals surface area (Å²) in [7, 11) is 0. The van der Waals surface area contributed by atoms with Crippen molar-refractivity contribution in [2.45, 2.75) is 6.92 Å². The van der Waals surface area contributed by atoms with Gasteiger partial charge in [0.15, 0.2) is 5.65 Å². The van der Waals surface area contributed by atoms with Crippen LogP contribution in [0.5, 0.6) is 0 Å². The molecule has 118 valence electrons. The predicted molar refractivity (Wildman–Crippen MR) is 97.9 cm³/mol. The van der Waals surface area contributed by atoms with E-state index in [0.29, 0.717) is 17.0 Å². The Morgan fingerprint density at radius 3 is 2.88 bits per heavy atom. The molecule has 5 nitrogen and oxygen atoms in total. The zero-order chi connectivity index (χ0) is 16.5. The standard InChI is InChI=1S/C18H14N4OS/c1-11-4-2-5-12(10-11)20-18-21-16-15(17(23)22-18)13(7-8-19-16)14-6-3-9-24-14/h2-10H,1H3,(H2,19,20,21,22,23). The summed E-state index contributed by atoms with van der Waals surface area (Å²) < 4.78 is 0. The summed E-state index contributed by atoms with van der Waals surface area (Å²) in [4.78, 5) is 25.2. The van der Waals surface area contributed by atoms with Crippen LogP contribution in [0.3, 0.4) is 0 Å². The molecular formula is C18H14N4OS. The van der Waals surface area contributed by atoms with E-state index in [1.54, 1.807) is 17.5 Å². The Labute approximate surface area is 142 Å². The Balaban J connectivity index is 1.83. The first-order valence-corrected chi connectivity index (χ1v) is 8.35. The van der Waals surface area contributed by atoms with Crippen LogP contribution >= 0.6 is 11.3 Å². The fraction of sp³-hybridized carbons (Fsp3) is 0.0556. The van der Waals surface area contributed by atoms with Gasteiger partial charge in [-0.1, -0.05) is 18.2 Å². The second-order valence-corrected chi connectivity index (χ2v) is 6.39. The highest BCUT2D eigenvalue weighted by Crippen LogP contribution is 2.28. The molecule has 0 spiro atoms. The number of benzene rings is 1. The Morgan fingerprint density at radius 2 is 2.08 bits per heavy atom. The Hall–Kier alpha value is -2.99. The number of fused-ring (bicyclic) bond motifs is 1. The zero-order valence-electron chi connectivity index (χ0n) is 12.9. The first-order chi connectivity index (χ1) is 11.7. The van der Waals surface area contributed by atoms with Crippen LogP contribution in [0, 0.1) is 6.92 Å². The molecular weight excluding hydrogens is 320 g/mol. The Kier molecular flexibility index (Phi) is 3.59. The topological polar surface area (TPSA) is 70.7 Å². The number of aryl methyl sites for hydroxylation is 1. The van der Waals surface area contributed by atoms with Gasteiger partial charge in [-0.2, -0.15) is 4.98 Å². The van der Waals surface area contributed by atoms with Gasteiger partial charge in [0.2, 0.25) is 5.95 Å². The average Bonchev–Trinajstić information content (AvgIpc) is 3.08. The molecule has 3 heterocycles. The van der Waals surface area contributed by atoms with Gasteiger partial charge in [-0.05, 0) is 42.1 Å². The number of thiophene rings is 1. The summed E-state index contributed by atoms with van der Waals surface area (Å²) in [6, 6.07) is 13.7. The van der Waals surface area contributed by atoms with Gasteiger partial charge in [0, 0.05) is 22.3 Å². The molecule has 0 aliphatic carbocycles. The number of aromatic nitrogens is 3. The molecule has 3 aromatic heterocycles. The van der Waals surface area contributed by atoms with E-state index in [4.69, 9.17) is 0 Å². The van der Waals surface area contributed by atoms with Gasteiger partial charge in [0.1, 0.15) is 0 Å².